The number of nitrogens with zero attached hydrogens (tertiary/aromatic N) is 1. The number of hydrogen-bond donors (Lipinski definition) is 0. The average Bonchev–Trinajstić information content (AvgIpc) is 2.89. The van der Waals surface area contributed by atoms with Crippen LogP contribution in [0, 0.1) is 0 Å². The second-order valence-electron chi connectivity index (χ2n) is 3.66. The van der Waals surface area contributed by atoms with Gasteiger partial charge in [-0.15, -0.1) is 0 Å². The molecule has 0 aliphatic rings. The number of furan rings is 1. The van der Waals surface area contributed by atoms with Crippen molar-refractivity contribution in [3.8, 4) is 0 Å². The highest BCUT2D eigenvalue weighted by Gasteiger charge is 2.13. The van der Waals surface area contributed by atoms with Gasteiger partial charge in [0.05, 0.1) is 16.8 Å². The Morgan fingerprint density at radius 3 is 2.74 bits per heavy atom. The normalized spacial score (nSPS) is 11.4. The Morgan fingerprint density at radius 2 is 2.11 bits per heavy atom. The number of oxime groups is 1. The first-order valence-electron chi connectivity index (χ1n) is 5.33. The fourth-order valence-electron chi connectivity index (χ4n) is 1.34. The maximum Gasteiger partial charge on any atom is 0.367 e. The molecule has 1 aromatic carbocycles. The van der Waals surface area contributed by atoms with Crippen LogP contribution in [0.2, 0.25) is 10.0 Å². The molecular formula is C13H9Cl2NO3. The van der Waals surface area contributed by atoms with Gasteiger partial charge in [0.2, 0.25) is 0 Å². The van der Waals surface area contributed by atoms with Gasteiger partial charge in [-0.3, -0.25) is 0 Å². The minimum Gasteiger partial charge on any atom is -0.463 e. The first-order valence-corrected chi connectivity index (χ1v) is 6.08. The summed E-state index contributed by atoms with van der Waals surface area (Å²) >= 11 is 11.6. The summed E-state index contributed by atoms with van der Waals surface area (Å²) in [5.74, 6) is -0.137. The SMILES string of the molecule is C/C(=N\OC(=O)c1ccc(Cl)cc1Cl)c1ccco1. The van der Waals surface area contributed by atoms with Crippen LogP contribution in [0.25, 0.3) is 0 Å². The van der Waals surface area contributed by atoms with E-state index in [1.54, 1.807) is 25.1 Å². The Kier molecular flexibility index (Phi) is 4.24. The molecule has 0 saturated heterocycles. The van der Waals surface area contributed by atoms with E-state index in [1.807, 2.05) is 0 Å². The molecule has 0 bridgehead atoms. The summed E-state index contributed by atoms with van der Waals surface area (Å²) in [6.45, 7) is 1.66. The zero-order valence-corrected chi connectivity index (χ0v) is 11.4. The number of halogens is 2. The van der Waals surface area contributed by atoms with Gasteiger partial charge in [0.1, 0.15) is 5.71 Å². The molecule has 0 aliphatic carbocycles. The minimum absolute atomic E-state index is 0.196. The molecule has 0 N–H and O–H groups in total. The Balaban J connectivity index is 2.11. The summed E-state index contributed by atoms with van der Waals surface area (Å²) in [5, 5.41) is 4.34. The standard InChI is InChI=1S/C13H9Cl2NO3/c1-8(12-3-2-6-18-12)16-19-13(17)10-5-4-9(14)7-11(10)15/h2-7H,1H3/b16-8+. The van der Waals surface area contributed by atoms with Crippen LogP contribution in [0.3, 0.4) is 0 Å². The molecule has 0 radical (unpaired) electrons. The number of carbonyl (C=O) groups excluding carboxylic acids is 1. The summed E-state index contributed by atoms with van der Waals surface area (Å²) in [7, 11) is 0. The first kappa shape index (κ1) is 13.6. The van der Waals surface area contributed by atoms with Gasteiger partial charge in [-0.2, -0.15) is 0 Å². The molecule has 1 heterocycles. The molecule has 1 aromatic heterocycles. The van der Waals surface area contributed by atoms with E-state index in [9.17, 15) is 4.79 Å². The van der Waals surface area contributed by atoms with E-state index in [1.165, 1.54) is 18.4 Å². The van der Waals surface area contributed by atoms with Gasteiger partial charge < -0.3 is 9.25 Å². The predicted octanol–water partition coefficient (Wildman–Crippen LogP) is 4.17. The van der Waals surface area contributed by atoms with Crippen LogP contribution in [-0.2, 0) is 4.84 Å². The van der Waals surface area contributed by atoms with E-state index in [0.29, 0.717) is 16.5 Å². The van der Waals surface area contributed by atoms with Crippen molar-refractivity contribution in [1.29, 1.82) is 0 Å². The van der Waals surface area contributed by atoms with E-state index in [0.717, 1.165) is 0 Å². The lowest BCUT2D eigenvalue weighted by atomic mass is 10.2. The van der Waals surface area contributed by atoms with Gasteiger partial charge in [-0.05, 0) is 37.3 Å². The highest BCUT2D eigenvalue weighted by molar-refractivity contribution is 6.36. The molecule has 6 heteroatoms. The van der Waals surface area contributed by atoms with E-state index in [2.05, 4.69) is 5.16 Å². The number of benzene rings is 1. The molecule has 0 spiro atoms. The highest BCUT2D eigenvalue weighted by atomic mass is 35.5. The van der Waals surface area contributed by atoms with Crippen molar-refractivity contribution >= 4 is 34.9 Å². The largest absolute Gasteiger partial charge is 0.463 e. The molecule has 2 aromatic rings. The second kappa shape index (κ2) is 5.91. The Hall–Kier alpha value is -1.78. The second-order valence-corrected chi connectivity index (χ2v) is 4.50. The third-order valence-corrected chi connectivity index (χ3v) is 2.84. The summed E-state index contributed by atoms with van der Waals surface area (Å²) < 4.78 is 5.11. The van der Waals surface area contributed by atoms with Gasteiger partial charge in [0.15, 0.2) is 5.76 Å². The number of rotatable bonds is 3. The van der Waals surface area contributed by atoms with Crippen molar-refractivity contribution < 1.29 is 14.0 Å². The molecule has 2 rings (SSSR count). The lowest BCUT2D eigenvalue weighted by Crippen LogP contribution is -2.04. The van der Waals surface area contributed by atoms with Gasteiger partial charge >= 0.3 is 5.97 Å². The van der Waals surface area contributed by atoms with Crippen molar-refractivity contribution in [3.05, 3.63) is 58.0 Å². The predicted molar refractivity (Wildman–Crippen MR) is 72.8 cm³/mol. The molecule has 0 amide bonds. The summed E-state index contributed by atoms with van der Waals surface area (Å²) in [6.07, 6.45) is 1.51. The van der Waals surface area contributed by atoms with E-state index < -0.39 is 5.97 Å². The molecule has 0 atom stereocenters. The highest BCUT2D eigenvalue weighted by Crippen LogP contribution is 2.21. The maximum atomic E-state index is 11.8. The molecule has 98 valence electrons. The van der Waals surface area contributed by atoms with E-state index in [-0.39, 0.29) is 10.6 Å². The fourth-order valence-corrected chi connectivity index (χ4v) is 1.83. The van der Waals surface area contributed by atoms with Crippen LogP contribution in [-0.4, -0.2) is 11.7 Å². The molecule has 0 fully saturated rings. The quantitative estimate of drug-likeness (QED) is 0.485. The van der Waals surface area contributed by atoms with Crippen molar-refractivity contribution in [3.63, 3.8) is 0 Å². The van der Waals surface area contributed by atoms with Crippen LogP contribution >= 0.6 is 23.2 Å². The Bertz CT molecular complexity index is 621. The van der Waals surface area contributed by atoms with Crippen molar-refractivity contribution in [2.75, 3.05) is 0 Å². The van der Waals surface area contributed by atoms with Crippen LogP contribution in [0.4, 0.5) is 0 Å². The van der Waals surface area contributed by atoms with Gasteiger partial charge in [-0.25, -0.2) is 4.79 Å². The topological polar surface area (TPSA) is 51.8 Å². The molecule has 0 unspecified atom stereocenters. The first-order chi connectivity index (χ1) is 9.08. The number of carbonyl (C=O) groups is 1. The van der Waals surface area contributed by atoms with Crippen molar-refractivity contribution in [2.45, 2.75) is 6.92 Å². The Labute approximate surface area is 119 Å². The third kappa shape index (κ3) is 3.36. The lowest BCUT2D eigenvalue weighted by Gasteiger charge is -2.02. The Morgan fingerprint density at radius 1 is 1.32 bits per heavy atom. The van der Waals surface area contributed by atoms with Crippen LogP contribution < -0.4 is 0 Å². The average molecular weight is 298 g/mol. The minimum atomic E-state index is -0.660. The van der Waals surface area contributed by atoms with Crippen LogP contribution in [0.1, 0.15) is 23.0 Å². The summed E-state index contributed by atoms with van der Waals surface area (Å²) in [4.78, 5) is 16.6. The lowest BCUT2D eigenvalue weighted by molar-refractivity contribution is 0.0516. The molecule has 4 nitrogen and oxygen atoms in total. The third-order valence-electron chi connectivity index (χ3n) is 2.29. The smallest absolute Gasteiger partial charge is 0.367 e. The maximum absolute atomic E-state index is 11.8. The summed E-state index contributed by atoms with van der Waals surface area (Å²) in [6, 6.07) is 7.91. The van der Waals surface area contributed by atoms with Gasteiger partial charge in [0.25, 0.3) is 0 Å². The van der Waals surface area contributed by atoms with Crippen molar-refractivity contribution in [1.82, 2.24) is 0 Å². The summed E-state index contributed by atoms with van der Waals surface area (Å²) in [5.41, 5.74) is 0.644. The van der Waals surface area contributed by atoms with E-state index in [4.69, 9.17) is 32.5 Å². The van der Waals surface area contributed by atoms with Gasteiger partial charge in [0, 0.05) is 5.02 Å². The zero-order chi connectivity index (χ0) is 13.8. The molecule has 0 aliphatic heterocycles. The molecule has 19 heavy (non-hydrogen) atoms. The monoisotopic (exact) mass is 297 g/mol. The van der Waals surface area contributed by atoms with Crippen LogP contribution in [0.15, 0.2) is 46.2 Å². The van der Waals surface area contributed by atoms with Gasteiger partial charge in [-0.1, -0.05) is 28.4 Å². The van der Waals surface area contributed by atoms with E-state index >= 15 is 0 Å². The van der Waals surface area contributed by atoms with Crippen LogP contribution in [0.5, 0.6) is 0 Å². The number of hydrogen-bond acceptors (Lipinski definition) is 4. The van der Waals surface area contributed by atoms with Crippen molar-refractivity contribution in [2.24, 2.45) is 5.16 Å². The fraction of sp³-hybridized carbons (Fsp3) is 0.0769. The zero-order valence-electron chi connectivity index (χ0n) is 9.89. The molecular weight excluding hydrogens is 289 g/mol. The molecule has 0 saturated carbocycles.